The van der Waals surface area contributed by atoms with Crippen LogP contribution in [0.5, 0.6) is 0 Å². The Labute approximate surface area is 75.9 Å². The van der Waals surface area contributed by atoms with Crippen molar-refractivity contribution in [3.63, 3.8) is 0 Å². The standard InChI is InChI=1S/C6H2ClF2N3O/c7-3-2-4(11-1-10-3)12-5(13)6(2,8)9/h1H,(H,10,11,12,13). The summed E-state index contributed by atoms with van der Waals surface area (Å²) in [4.78, 5) is 17.5. The van der Waals surface area contributed by atoms with Crippen molar-refractivity contribution in [2.45, 2.75) is 5.92 Å². The summed E-state index contributed by atoms with van der Waals surface area (Å²) in [7, 11) is 0. The summed E-state index contributed by atoms with van der Waals surface area (Å²) in [5.41, 5.74) is -0.651. The first-order valence-corrected chi connectivity index (χ1v) is 3.61. The van der Waals surface area contributed by atoms with Crippen LogP contribution >= 0.6 is 11.6 Å². The molecule has 7 heteroatoms. The van der Waals surface area contributed by atoms with E-state index in [0.717, 1.165) is 6.33 Å². The number of hydrogen-bond acceptors (Lipinski definition) is 3. The summed E-state index contributed by atoms with van der Waals surface area (Å²) < 4.78 is 26.0. The Kier molecular flexibility index (Phi) is 1.50. The van der Waals surface area contributed by atoms with E-state index in [4.69, 9.17) is 11.6 Å². The topological polar surface area (TPSA) is 54.9 Å². The van der Waals surface area contributed by atoms with Crippen LogP contribution in [0.3, 0.4) is 0 Å². The molecule has 4 nitrogen and oxygen atoms in total. The fourth-order valence-electron chi connectivity index (χ4n) is 1.04. The number of carbonyl (C=O) groups excluding carboxylic acids is 1. The van der Waals surface area contributed by atoms with Crippen molar-refractivity contribution >= 4 is 23.3 Å². The van der Waals surface area contributed by atoms with Crippen LogP contribution in [-0.4, -0.2) is 15.9 Å². The Bertz CT molecular complexity index is 395. The number of halogens is 3. The zero-order valence-corrected chi connectivity index (χ0v) is 6.77. The van der Waals surface area contributed by atoms with Gasteiger partial charge in [0.2, 0.25) is 0 Å². The van der Waals surface area contributed by atoms with E-state index in [0.29, 0.717) is 0 Å². The van der Waals surface area contributed by atoms with Gasteiger partial charge in [-0.05, 0) is 0 Å². The second kappa shape index (κ2) is 2.35. The lowest BCUT2D eigenvalue weighted by Crippen LogP contribution is -2.24. The molecular formula is C6H2ClF2N3O. The van der Waals surface area contributed by atoms with Crippen LogP contribution in [0.25, 0.3) is 0 Å². The summed E-state index contributed by atoms with van der Waals surface area (Å²) in [5, 5.41) is 1.50. The quantitative estimate of drug-likeness (QED) is 0.647. The molecule has 68 valence electrons. The Morgan fingerprint density at radius 2 is 2.15 bits per heavy atom. The molecule has 1 N–H and O–H groups in total. The van der Waals surface area contributed by atoms with Gasteiger partial charge in [0.05, 0.1) is 0 Å². The highest BCUT2D eigenvalue weighted by molar-refractivity contribution is 6.31. The van der Waals surface area contributed by atoms with Crippen LogP contribution in [0.1, 0.15) is 5.56 Å². The lowest BCUT2D eigenvalue weighted by atomic mass is 10.2. The van der Waals surface area contributed by atoms with Crippen molar-refractivity contribution in [3.8, 4) is 0 Å². The van der Waals surface area contributed by atoms with E-state index in [-0.39, 0.29) is 5.82 Å². The number of nitrogens with one attached hydrogen (secondary N) is 1. The molecule has 0 fully saturated rings. The number of amides is 1. The van der Waals surface area contributed by atoms with Crippen LogP contribution in [-0.2, 0) is 10.7 Å². The lowest BCUT2D eigenvalue weighted by molar-refractivity contribution is -0.139. The van der Waals surface area contributed by atoms with E-state index < -0.39 is 22.5 Å². The fraction of sp³-hybridized carbons (Fsp3) is 0.167. The molecule has 2 rings (SSSR count). The number of aromatic nitrogens is 2. The molecule has 0 aliphatic carbocycles. The maximum atomic E-state index is 13.0. The van der Waals surface area contributed by atoms with Gasteiger partial charge in [-0.1, -0.05) is 11.6 Å². The zero-order chi connectivity index (χ0) is 9.64. The Hall–Kier alpha value is -1.30. The van der Waals surface area contributed by atoms with Gasteiger partial charge in [0.15, 0.2) is 0 Å². The average molecular weight is 206 g/mol. The van der Waals surface area contributed by atoms with Crippen molar-refractivity contribution in [2.75, 3.05) is 5.32 Å². The number of hydrogen-bond donors (Lipinski definition) is 1. The van der Waals surface area contributed by atoms with E-state index in [2.05, 4.69) is 9.97 Å². The zero-order valence-electron chi connectivity index (χ0n) is 6.01. The van der Waals surface area contributed by atoms with Gasteiger partial charge >= 0.3 is 11.8 Å². The molecule has 2 heterocycles. The fourth-order valence-corrected chi connectivity index (χ4v) is 1.29. The van der Waals surface area contributed by atoms with E-state index in [1.165, 1.54) is 0 Å². The van der Waals surface area contributed by atoms with Gasteiger partial charge in [-0.2, -0.15) is 8.78 Å². The molecule has 0 saturated heterocycles. The minimum absolute atomic E-state index is 0.227. The molecule has 0 spiro atoms. The number of fused-ring (bicyclic) bond motifs is 1. The minimum Gasteiger partial charge on any atom is -0.305 e. The molecular weight excluding hydrogens is 204 g/mol. The van der Waals surface area contributed by atoms with Crippen LogP contribution in [0, 0.1) is 0 Å². The van der Waals surface area contributed by atoms with Crippen molar-refractivity contribution in [1.82, 2.24) is 9.97 Å². The molecule has 13 heavy (non-hydrogen) atoms. The van der Waals surface area contributed by atoms with Gasteiger partial charge in [0, 0.05) is 0 Å². The first kappa shape index (κ1) is 8.31. The molecule has 1 aliphatic heterocycles. The van der Waals surface area contributed by atoms with Gasteiger partial charge in [-0.15, -0.1) is 0 Å². The minimum atomic E-state index is -3.63. The number of rotatable bonds is 0. The molecule has 0 atom stereocenters. The Morgan fingerprint density at radius 3 is 2.77 bits per heavy atom. The summed E-state index contributed by atoms with van der Waals surface area (Å²) in [6, 6.07) is 0. The molecule has 1 amide bonds. The third-order valence-electron chi connectivity index (χ3n) is 1.63. The largest absolute Gasteiger partial charge is 0.356 e. The van der Waals surface area contributed by atoms with E-state index in [9.17, 15) is 13.6 Å². The van der Waals surface area contributed by atoms with Crippen LogP contribution in [0.2, 0.25) is 5.15 Å². The molecule has 0 unspecified atom stereocenters. The number of carbonyl (C=O) groups is 1. The van der Waals surface area contributed by atoms with Crippen LogP contribution in [0.15, 0.2) is 6.33 Å². The molecule has 0 bridgehead atoms. The molecule has 1 aromatic rings. The molecule has 0 saturated carbocycles. The summed E-state index contributed by atoms with van der Waals surface area (Å²) in [5.74, 6) is -5.28. The van der Waals surface area contributed by atoms with E-state index in [1.807, 2.05) is 5.32 Å². The summed E-state index contributed by atoms with van der Waals surface area (Å²) in [6.45, 7) is 0. The van der Waals surface area contributed by atoms with Crippen molar-refractivity contribution < 1.29 is 13.6 Å². The lowest BCUT2D eigenvalue weighted by Gasteiger charge is -2.05. The predicted molar refractivity (Wildman–Crippen MR) is 39.6 cm³/mol. The van der Waals surface area contributed by atoms with Crippen molar-refractivity contribution in [1.29, 1.82) is 0 Å². The van der Waals surface area contributed by atoms with E-state index in [1.54, 1.807) is 0 Å². The van der Waals surface area contributed by atoms with Gasteiger partial charge in [-0.25, -0.2) is 9.97 Å². The molecule has 0 aromatic carbocycles. The van der Waals surface area contributed by atoms with Crippen molar-refractivity contribution in [3.05, 3.63) is 17.0 Å². The number of nitrogens with zero attached hydrogens (tertiary/aromatic N) is 2. The smallest absolute Gasteiger partial charge is 0.305 e. The maximum Gasteiger partial charge on any atom is 0.356 e. The van der Waals surface area contributed by atoms with Gasteiger partial charge < -0.3 is 5.32 Å². The molecule has 0 radical (unpaired) electrons. The first-order chi connectivity index (χ1) is 6.03. The van der Waals surface area contributed by atoms with Crippen LogP contribution in [0.4, 0.5) is 14.6 Å². The highest BCUT2D eigenvalue weighted by atomic mass is 35.5. The Morgan fingerprint density at radius 1 is 1.46 bits per heavy atom. The second-order valence-corrected chi connectivity index (χ2v) is 2.77. The van der Waals surface area contributed by atoms with Gasteiger partial charge in [0.1, 0.15) is 22.9 Å². The SMILES string of the molecule is O=C1Nc2ncnc(Cl)c2C1(F)F. The monoisotopic (exact) mass is 205 g/mol. The predicted octanol–water partition coefficient (Wildman–Crippen LogP) is 1.17. The third-order valence-corrected chi connectivity index (χ3v) is 1.92. The average Bonchev–Trinajstić information content (AvgIpc) is 2.24. The normalized spacial score (nSPS) is 18.2. The number of alkyl halides is 2. The van der Waals surface area contributed by atoms with E-state index >= 15 is 0 Å². The van der Waals surface area contributed by atoms with Crippen molar-refractivity contribution in [2.24, 2.45) is 0 Å². The Balaban J connectivity index is 2.70. The highest BCUT2D eigenvalue weighted by Crippen LogP contribution is 2.41. The summed E-state index contributed by atoms with van der Waals surface area (Å²) in [6.07, 6.45) is 1.00. The van der Waals surface area contributed by atoms with Crippen LogP contribution < -0.4 is 5.32 Å². The first-order valence-electron chi connectivity index (χ1n) is 3.23. The highest BCUT2D eigenvalue weighted by Gasteiger charge is 2.51. The summed E-state index contributed by atoms with van der Waals surface area (Å²) >= 11 is 5.40. The number of anilines is 1. The maximum absolute atomic E-state index is 13.0. The third kappa shape index (κ3) is 0.983. The molecule has 1 aliphatic rings. The molecule has 1 aromatic heterocycles. The van der Waals surface area contributed by atoms with Gasteiger partial charge in [0.25, 0.3) is 0 Å². The van der Waals surface area contributed by atoms with Gasteiger partial charge in [-0.3, -0.25) is 4.79 Å². The second-order valence-electron chi connectivity index (χ2n) is 2.42.